The Morgan fingerprint density at radius 1 is 0.393 bits per heavy atom. The van der Waals surface area contributed by atoms with Crippen LogP contribution in [0.5, 0.6) is 0 Å². The third-order valence-electron chi connectivity index (χ3n) is 16.8. The van der Waals surface area contributed by atoms with E-state index in [1.807, 2.05) is 33.3 Å². The SMILES string of the molecule is CCCCC/C=C\C/C=C\C/C=C\CCCCCCCCCCCCCCCCC(=O)OC(/C=C/CCCCCCCCCCC)C(COP(=O)([O-])OCC[N+](C)(C)C)NC(=O)CCCCCCCCCCCCCC/C=C\C/C=C\C/C=C\CCCCC. The number of quaternary nitrogens is 1. The number of allylic oxidation sites excluding steroid dienone is 13. The number of unbranched alkanes of at least 4 members (excludes halogenated alkanes) is 41. The maximum Gasteiger partial charge on any atom is 0.306 e. The van der Waals surface area contributed by atoms with E-state index in [2.05, 4.69) is 99.0 Å². The summed E-state index contributed by atoms with van der Waals surface area (Å²) in [5.41, 5.74) is 0. The Bertz CT molecular complexity index is 1800. The lowest BCUT2D eigenvalue weighted by Gasteiger charge is -2.30. The summed E-state index contributed by atoms with van der Waals surface area (Å²) in [5, 5.41) is 3.05. The molecule has 0 fully saturated rings. The highest BCUT2D eigenvalue weighted by Gasteiger charge is 2.27. The second-order valence-corrected chi connectivity index (χ2v) is 28.2. The molecule has 3 unspecified atom stereocenters. The maximum absolute atomic E-state index is 13.6. The van der Waals surface area contributed by atoms with Crippen LogP contribution >= 0.6 is 7.82 Å². The first-order valence-electron chi connectivity index (χ1n) is 37.9. The Morgan fingerprint density at radius 2 is 0.685 bits per heavy atom. The minimum atomic E-state index is -4.71. The molecule has 0 saturated carbocycles. The Hall–Kier alpha value is -2.81. The van der Waals surface area contributed by atoms with E-state index in [1.54, 1.807) is 0 Å². The number of amides is 1. The van der Waals surface area contributed by atoms with E-state index in [0.717, 1.165) is 83.5 Å². The molecule has 0 aromatic rings. The molecule has 9 nitrogen and oxygen atoms in total. The van der Waals surface area contributed by atoms with Crippen molar-refractivity contribution in [1.82, 2.24) is 5.32 Å². The number of carbonyl (C=O) groups excluding carboxylic acids is 2. The molecule has 1 amide bonds. The van der Waals surface area contributed by atoms with Gasteiger partial charge in [0.25, 0.3) is 7.82 Å². The van der Waals surface area contributed by atoms with Gasteiger partial charge in [-0.05, 0) is 109 Å². The van der Waals surface area contributed by atoms with Gasteiger partial charge in [-0.25, -0.2) is 0 Å². The zero-order chi connectivity index (χ0) is 64.9. The monoisotopic (exact) mass is 1270 g/mol. The van der Waals surface area contributed by atoms with Crippen LogP contribution in [0.25, 0.3) is 0 Å². The molecule has 1 N–H and O–H groups in total. The second kappa shape index (κ2) is 68.1. The van der Waals surface area contributed by atoms with Gasteiger partial charge in [-0.1, -0.05) is 318 Å². The third-order valence-corrected chi connectivity index (χ3v) is 17.8. The largest absolute Gasteiger partial charge is 0.756 e. The molecule has 0 bridgehead atoms. The number of phosphoric ester groups is 1. The Balaban J connectivity index is 4.93. The Labute approximate surface area is 552 Å². The van der Waals surface area contributed by atoms with Crippen LogP contribution in [-0.4, -0.2) is 69.4 Å². The van der Waals surface area contributed by atoms with E-state index < -0.39 is 20.0 Å². The van der Waals surface area contributed by atoms with Crippen LogP contribution in [0.15, 0.2) is 85.1 Å². The molecule has 0 spiro atoms. The molecular formula is C79H145N2O7P. The summed E-state index contributed by atoms with van der Waals surface area (Å²) in [7, 11) is 1.19. The highest BCUT2D eigenvalue weighted by atomic mass is 31.2. The molecule has 0 saturated heterocycles. The van der Waals surface area contributed by atoms with Crippen molar-refractivity contribution in [1.29, 1.82) is 0 Å². The molecule has 0 aromatic carbocycles. The first-order valence-corrected chi connectivity index (χ1v) is 39.4. The van der Waals surface area contributed by atoms with Gasteiger partial charge < -0.3 is 28.5 Å². The average Bonchev–Trinajstić information content (AvgIpc) is 3.71. The van der Waals surface area contributed by atoms with Gasteiger partial charge in [0.15, 0.2) is 0 Å². The predicted molar refractivity (Wildman–Crippen MR) is 385 cm³/mol. The Morgan fingerprint density at radius 3 is 1.04 bits per heavy atom. The van der Waals surface area contributed by atoms with E-state index in [-0.39, 0.29) is 31.5 Å². The van der Waals surface area contributed by atoms with Crippen LogP contribution in [0.3, 0.4) is 0 Å². The van der Waals surface area contributed by atoms with Crippen LogP contribution in [0.1, 0.15) is 355 Å². The van der Waals surface area contributed by atoms with E-state index in [0.29, 0.717) is 17.4 Å². The van der Waals surface area contributed by atoms with Crippen LogP contribution in [-0.2, 0) is 27.9 Å². The number of rotatable bonds is 69. The van der Waals surface area contributed by atoms with E-state index in [4.69, 9.17) is 13.8 Å². The van der Waals surface area contributed by atoms with Gasteiger partial charge >= 0.3 is 5.97 Å². The van der Waals surface area contributed by atoms with Crippen LogP contribution in [0, 0.1) is 0 Å². The highest BCUT2D eigenvalue weighted by Crippen LogP contribution is 2.38. The molecule has 0 aromatic heterocycles. The van der Waals surface area contributed by atoms with Crippen molar-refractivity contribution in [3.05, 3.63) is 85.1 Å². The fraction of sp³-hybridized carbons (Fsp3) is 0.797. The van der Waals surface area contributed by atoms with Gasteiger partial charge in [0.1, 0.15) is 19.3 Å². The van der Waals surface area contributed by atoms with E-state index >= 15 is 0 Å². The topological polar surface area (TPSA) is 114 Å². The van der Waals surface area contributed by atoms with Gasteiger partial charge in [-0.3, -0.25) is 14.2 Å². The third kappa shape index (κ3) is 69.4. The number of hydrogen-bond donors (Lipinski definition) is 1. The molecule has 0 rings (SSSR count). The molecule has 10 heteroatoms. The summed E-state index contributed by atoms with van der Waals surface area (Å²) in [6.45, 7) is 6.82. The molecule has 89 heavy (non-hydrogen) atoms. The van der Waals surface area contributed by atoms with Crippen molar-refractivity contribution in [2.75, 3.05) is 40.9 Å². The molecule has 0 aliphatic rings. The van der Waals surface area contributed by atoms with Gasteiger partial charge in [0.05, 0.1) is 33.8 Å². The second-order valence-electron chi connectivity index (χ2n) is 26.8. The summed E-state index contributed by atoms with van der Waals surface area (Å²) in [4.78, 5) is 40.2. The zero-order valence-electron chi connectivity index (χ0n) is 59.4. The highest BCUT2D eigenvalue weighted by molar-refractivity contribution is 7.45. The number of ether oxygens (including phenoxy) is 1. The van der Waals surface area contributed by atoms with Gasteiger partial charge in [-0.2, -0.15) is 0 Å². The number of hydrogen-bond acceptors (Lipinski definition) is 7. The van der Waals surface area contributed by atoms with E-state index in [9.17, 15) is 19.0 Å². The molecular weight excluding hydrogens is 1120 g/mol. The standard InChI is InChI=1S/C79H145N2O7P/c1-7-10-13-16-19-22-25-27-29-31-33-35-37-39-40-42-44-46-48-50-52-54-57-60-63-66-69-72-79(83)88-77(70-67-64-61-58-55-24-21-18-15-12-9-3)76(75-87-89(84,85)86-74-73-81(4,5)6)80-78(82)71-68-65-62-59-56-53-51-49-47-45-43-41-38-36-34-32-30-28-26-23-20-17-14-11-8-2/h19-20,22-23,27-30,33-36,67,70,76-77H,7-18,21,24-26,31-32,37-66,68-69,71-75H2,1-6H3,(H-,80,82,84,85)/b22-19-,23-20-,29-27-,30-28-,35-33-,36-34-,70-67+. The molecule has 0 heterocycles. The number of carbonyl (C=O) groups is 2. The molecule has 3 atom stereocenters. The average molecular weight is 1270 g/mol. The van der Waals surface area contributed by atoms with Crippen molar-refractivity contribution in [3.63, 3.8) is 0 Å². The summed E-state index contributed by atoms with van der Waals surface area (Å²) in [6.07, 6.45) is 91.4. The molecule has 0 aliphatic heterocycles. The minimum Gasteiger partial charge on any atom is -0.756 e. The van der Waals surface area contributed by atoms with Crippen LogP contribution in [0.4, 0.5) is 0 Å². The van der Waals surface area contributed by atoms with Crippen molar-refractivity contribution in [3.8, 4) is 0 Å². The summed E-state index contributed by atoms with van der Waals surface area (Å²) >= 11 is 0. The van der Waals surface area contributed by atoms with Crippen LogP contribution in [0.2, 0.25) is 0 Å². The number of likely N-dealkylation sites (N-methyl/N-ethyl adjacent to an activating group) is 1. The van der Waals surface area contributed by atoms with Crippen molar-refractivity contribution in [2.24, 2.45) is 0 Å². The van der Waals surface area contributed by atoms with Crippen molar-refractivity contribution in [2.45, 2.75) is 367 Å². The fourth-order valence-corrected chi connectivity index (χ4v) is 11.7. The first kappa shape index (κ1) is 86.2. The first-order chi connectivity index (χ1) is 43.4. The van der Waals surface area contributed by atoms with Crippen LogP contribution < -0.4 is 10.2 Å². The summed E-state index contributed by atoms with van der Waals surface area (Å²) in [6, 6.07) is -0.893. The lowest BCUT2D eigenvalue weighted by molar-refractivity contribution is -0.870. The minimum absolute atomic E-state index is 0.0242. The normalized spacial score (nSPS) is 13.9. The smallest absolute Gasteiger partial charge is 0.306 e. The number of esters is 1. The zero-order valence-corrected chi connectivity index (χ0v) is 60.3. The number of nitrogens with zero attached hydrogens (tertiary/aromatic N) is 1. The maximum atomic E-state index is 13.6. The van der Waals surface area contributed by atoms with Crippen molar-refractivity contribution < 1.29 is 37.3 Å². The quantitative estimate of drug-likeness (QED) is 0.0212. The summed E-state index contributed by atoms with van der Waals surface area (Å²) in [5.74, 6) is -0.534. The molecule has 518 valence electrons. The number of nitrogens with one attached hydrogen (secondary N) is 1. The molecule has 0 radical (unpaired) electrons. The lowest BCUT2D eigenvalue weighted by atomic mass is 10.0. The van der Waals surface area contributed by atoms with Gasteiger partial charge in [0.2, 0.25) is 5.91 Å². The Kier molecular flexibility index (Phi) is 65.9. The number of phosphoric acid groups is 1. The van der Waals surface area contributed by atoms with Crippen molar-refractivity contribution >= 4 is 19.7 Å². The van der Waals surface area contributed by atoms with Gasteiger partial charge in [0, 0.05) is 12.8 Å². The molecule has 0 aliphatic carbocycles. The fourth-order valence-electron chi connectivity index (χ4n) is 11.0. The van der Waals surface area contributed by atoms with E-state index in [1.165, 1.54) is 238 Å². The lowest BCUT2D eigenvalue weighted by Crippen LogP contribution is -2.47. The van der Waals surface area contributed by atoms with Gasteiger partial charge in [-0.15, -0.1) is 0 Å². The summed E-state index contributed by atoms with van der Waals surface area (Å²) < 4.78 is 30.5. The predicted octanol–water partition coefficient (Wildman–Crippen LogP) is 23.8.